The maximum Gasteiger partial charge on any atom is 0.259 e. The van der Waals surface area contributed by atoms with Crippen LogP contribution in [-0.4, -0.2) is 21.1 Å². The molecule has 1 heterocycles. The SMILES string of the molecule is O=C(Nc1ncn[nH]1)c1cc(Br)ccc1Cl. The molecule has 2 N–H and O–H groups in total. The van der Waals surface area contributed by atoms with Crippen LogP contribution in [0.2, 0.25) is 5.02 Å². The van der Waals surface area contributed by atoms with Crippen molar-refractivity contribution in [3.05, 3.63) is 39.6 Å². The first kappa shape index (κ1) is 11.1. The Morgan fingerprint density at radius 3 is 3.00 bits per heavy atom. The summed E-state index contributed by atoms with van der Waals surface area (Å²) < 4.78 is 0.777. The topological polar surface area (TPSA) is 70.7 Å². The molecule has 0 fully saturated rings. The van der Waals surface area contributed by atoms with Crippen LogP contribution in [0.5, 0.6) is 0 Å². The Labute approximate surface area is 104 Å². The molecule has 82 valence electrons. The van der Waals surface area contributed by atoms with Crippen molar-refractivity contribution in [2.45, 2.75) is 0 Å². The van der Waals surface area contributed by atoms with E-state index in [2.05, 4.69) is 36.4 Å². The Balaban J connectivity index is 2.24. The summed E-state index contributed by atoms with van der Waals surface area (Å²) in [5.41, 5.74) is 0.368. The molecule has 0 aliphatic rings. The van der Waals surface area contributed by atoms with Gasteiger partial charge in [0.25, 0.3) is 5.91 Å². The number of aromatic amines is 1. The number of anilines is 1. The molecule has 0 spiro atoms. The summed E-state index contributed by atoms with van der Waals surface area (Å²) in [6, 6.07) is 5.03. The van der Waals surface area contributed by atoms with E-state index in [0.717, 1.165) is 4.47 Å². The molecule has 16 heavy (non-hydrogen) atoms. The second-order valence-corrected chi connectivity index (χ2v) is 4.24. The lowest BCUT2D eigenvalue weighted by molar-refractivity contribution is 0.102. The summed E-state index contributed by atoms with van der Waals surface area (Å²) in [5.74, 6) is -0.0657. The Bertz CT molecular complexity index is 514. The summed E-state index contributed by atoms with van der Waals surface area (Å²) >= 11 is 9.17. The summed E-state index contributed by atoms with van der Waals surface area (Å²) in [6.07, 6.45) is 1.30. The zero-order chi connectivity index (χ0) is 11.5. The van der Waals surface area contributed by atoms with Gasteiger partial charge >= 0.3 is 0 Å². The Morgan fingerprint density at radius 1 is 1.50 bits per heavy atom. The van der Waals surface area contributed by atoms with Crippen molar-refractivity contribution in [2.75, 3.05) is 5.32 Å². The summed E-state index contributed by atoms with van der Waals surface area (Å²) in [6.45, 7) is 0. The Kier molecular flexibility index (Phi) is 3.21. The fourth-order valence-corrected chi connectivity index (χ4v) is 1.68. The highest BCUT2D eigenvalue weighted by atomic mass is 79.9. The number of H-pyrrole nitrogens is 1. The minimum absolute atomic E-state index is 0.279. The van der Waals surface area contributed by atoms with Crippen molar-refractivity contribution in [1.29, 1.82) is 0 Å². The number of amides is 1. The maximum atomic E-state index is 11.8. The third-order valence-electron chi connectivity index (χ3n) is 1.82. The fourth-order valence-electron chi connectivity index (χ4n) is 1.11. The van der Waals surface area contributed by atoms with Gasteiger partial charge in [-0.25, -0.2) is 5.10 Å². The molecule has 0 radical (unpaired) electrons. The minimum Gasteiger partial charge on any atom is -0.291 e. The van der Waals surface area contributed by atoms with Gasteiger partial charge in [-0.3, -0.25) is 10.1 Å². The van der Waals surface area contributed by atoms with Gasteiger partial charge < -0.3 is 0 Å². The van der Waals surface area contributed by atoms with E-state index >= 15 is 0 Å². The highest BCUT2D eigenvalue weighted by Gasteiger charge is 2.11. The molecule has 1 aromatic carbocycles. The largest absolute Gasteiger partial charge is 0.291 e. The van der Waals surface area contributed by atoms with Crippen LogP contribution >= 0.6 is 27.5 Å². The lowest BCUT2D eigenvalue weighted by Crippen LogP contribution is -2.13. The van der Waals surface area contributed by atoms with Crippen molar-refractivity contribution in [2.24, 2.45) is 0 Å². The third kappa shape index (κ3) is 2.40. The Morgan fingerprint density at radius 2 is 2.31 bits per heavy atom. The minimum atomic E-state index is -0.344. The van der Waals surface area contributed by atoms with Crippen LogP contribution in [0.15, 0.2) is 29.0 Å². The molecule has 2 aromatic rings. The van der Waals surface area contributed by atoms with E-state index in [1.54, 1.807) is 18.2 Å². The number of hydrogen-bond donors (Lipinski definition) is 2. The van der Waals surface area contributed by atoms with Gasteiger partial charge in [0.2, 0.25) is 5.95 Å². The predicted molar refractivity (Wildman–Crippen MR) is 63.5 cm³/mol. The molecule has 0 unspecified atom stereocenters. The van der Waals surface area contributed by atoms with Crippen LogP contribution in [0, 0.1) is 0 Å². The molecule has 0 aliphatic carbocycles. The van der Waals surface area contributed by atoms with E-state index in [9.17, 15) is 4.79 Å². The molecule has 0 saturated carbocycles. The first-order valence-corrected chi connectivity index (χ1v) is 5.45. The molecular weight excluding hydrogens is 295 g/mol. The van der Waals surface area contributed by atoms with Crippen molar-refractivity contribution >= 4 is 39.4 Å². The summed E-state index contributed by atoms with van der Waals surface area (Å²) in [5, 5.41) is 9.05. The summed E-state index contributed by atoms with van der Waals surface area (Å²) in [4.78, 5) is 15.6. The van der Waals surface area contributed by atoms with Crippen LogP contribution < -0.4 is 5.32 Å². The molecular formula is C9H6BrClN4O. The monoisotopic (exact) mass is 300 g/mol. The molecule has 0 saturated heterocycles. The molecule has 0 bridgehead atoms. The van der Waals surface area contributed by atoms with Crippen LogP contribution in [0.25, 0.3) is 0 Å². The average Bonchev–Trinajstić information content (AvgIpc) is 2.74. The molecule has 7 heteroatoms. The van der Waals surface area contributed by atoms with Gasteiger partial charge in [0.05, 0.1) is 10.6 Å². The highest BCUT2D eigenvalue weighted by Crippen LogP contribution is 2.21. The average molecular weight is 302 g/mol. The third-order valence-corrected chi connectivity index (χ3v) is 2.64. The maximum absolute atomic E-state index is 11.8. The van der Waals surface area contributed by atoms with Crippen LogP contribution in [-0.2, 0) is 0 Å². The van der Waals surface area contributed by atoms with E-state index in [-0.39, 0.29) is 11.9 Å². The smallest absolute Gasteiger partial charge is 0.259 e. The number of carbonyl (C=O) groups is 1. The van der Waals surface area contributed by atoms with E-state index in [0.29, 0.717) is 10.6 Å². The molecule has 0 aliphatic heterocycles. The van der Waals surface area contributed by atoms with E-state index in [4.69, 9.17) is 11.6 Å². The Hall–Kier alpha value is -1.40. The second-order valence-electron chi connectivity index (χ2n) is 2.91. The molecule has 5 nitrogen and oxygen atoms in total. The number of halogens is 2. The molecule has 2 rings (SSSR count). The van der Waals surface area contributed by atoms with Crippen LogP contribution in [0.4, 0.5) is 5.95 Å². The normalized spacial score (nSPS) is 10.1. The first-order chi connectivity index (χ1) is 7.66. The van der Waals surface area contributed by atoms with E-state index < -0.39 is 0 Å². The van der Waals surface area contributed by atoms with Gasteiger partial charge in [0.1, 0.15) is 6.33 Å². The predicted octanol–water partition coefficient (Wildman–Crippen LogP) is 2.47. The number of benzene rings is 1. The molecule has 1 amide bonds. The lowest BCUT2D eigenvalue weighted by atomic mass is 10.2. The number of hydrogen-bond acceptors (Lipinski definition) is 3. The molecule has 1 aromatic heterocycles. The van der Waals surface area contributed by atoms with Gasteiger partial charge in [-0.1, -0.05) is 27.5 Å². The van der Waals surface area contributed by atoms with E-state index in [1.165, 1.54) is 6.33 Å². The van der Waals surface area contributed by atoms with E-state index in [1.807, 2.05) is 0 Å². The van der Waals surface area contributed by atoms with Crippen molar-refractivity contribution in [3.8, 4) is 0 Å². The quantitative estimate of drug-likeness (QED) is 0.895. The van der Waals surface area contributed by atoms with Crippen LogP contribution in [0.3, 0.4) is 0 Å². The highest BCUT2D eigenvalue weighted by molar-refractivity contribution is 9.10. The number of carbonyl (C=O) groups excluding carboxylic acids is 1. The number of aromatic nitrogens is 3. The number of rotatable bonds is 2. The molecule has 0 atom stereocenters. The zero-order valence-corrected chi connectivity index (χ0v) is 10.2. The lowest BCUT2D eigenvalue weighted by Gasteiger charge is -2.04. The van der Waals surface area contributed by atoms with Crippen molar-refractivity contribution in [1.82, 2.24) is 15.2 Å². The summed E-state index contributed by atoms with van der Waals surface area (Å²) in [7, 11) is 0. The fraction of sp³-hybridized carbons (Fsp3) is 0. The second kappa shape index (κ2) is 4.63. The van der Waals surface area contributed by atoms with Gasteiger partial charge in [-0.05, 0) is 18.2 Å². The van der Waals surface area contributed by atoms with Gasteiger partial charge in [-0.2, -0.15) is 10.1 Å². The van der Waals surface area contributed by atoms with Crippen molar-refractivity contribution < 1.29 is 4.79 Å². The number of nitrogens with zero attached hydrogens (tertiary/aromatic N) is 2. The zero-order valence-electron chi connectivity index (χ0n) is 7.87. The first-order valence-electron chi connectivity index (χ1n) is 4.28. The van der Waals surface area contributed by atoms with Crippen molar-refractivity contribution in [3.63, 3.8) is 0 Å². The number of nitrogens with one attached hydrogen (secondary N) is 2. The standard InChI is InChI=1S/C9H6BrClN4O/c10-5-1-2-7(11)6(3-5)8(16)14-9-12-4-13-15-9/h1-4H,(H2,12,13,14,15,16). The van der Waals surface area contributed by atoms with Gasteiger partial charge in [0.15, 0.2) is 0 Å². The van der Waals surface area contributed by atoms with Crippen LogP contribution in [0.1, 0.15) is 10.4 Å². The van der Waals surface area contributed by atoms with Gasteiger partial charge in [-0.15, -0.1) is 0 Å². The van der Waals surface area contributed by atoms with Gasteiger partial charge in [0, 0.05) is 4.47 Å².